The van der Waals surface area contributed by atoms with Gasteiger partial charge in [0.1, 0.15) is 17.4 Å². The molecule has 2 fully saturated rings. The lowest BCUT2D eigenvalue weighted by Crippen LogP contribution is -2.54. The van der Waals surface area contributed by atoms with Crippen molar-refractivity contribution in [3.63, 3.8) is 0 Å². The molecule has 1 aliphatic heterocycles. The molecule has 1 saturated heterocycles. The molecule has 0 radical (unpaired) electrons. The quantitative estimate of drug-likeness (QED) is 0.285. The van der Waals surface area contributed by atoms with Gasteiger partial charge < -0.3 is 19.3 Å². The standard InChI is InChI=1S/C36H52N4O8S/c1-36(2,3)48-35(43)38(4)29-20-23-39(24-21-29)32(41)22-25-40(49(44,45)31-18-16-30(46-5)17-19-31)33(28-14-10-7-11-15-28)34(42)37-47-26-27-12-8-6-9-13-27/h6,8-9,12-13,16-19,28-29,33H,7,10-11,14-15,20-26H2,1-5H3,(H,37,42). The molecule has 1 N–H and O–H groups in total. The van der Waals surface area contributed by atoms with Crippen LogP contribution in [0.3, 0.4) is 0 Å². The van der Waals surface area contributed by atoms with Gasteiger partial charge in [0.2, 0.25) is 15.9 Å². The molecular formula is C36H52N4O8S. The number of carbonyl (C=O) groups excluding carboxylic acids is 3. The zero-order valence-corrected chi connectivity index (χ0v) is 30.2. The molecule has 0 spiro atoms. The Morgan fingerprint density at radius 2 is 1.57 bits per heavy atom. The van der Waals surface area contributed by atoms with Crippen molar-refractivity contribution in [2.45, 2.75) is 101 Å². The molecule has 3 amide bonds. The van der Waals surface area contributed by atoms with Gasteiger partial charge in [0, 0.05) is 39.1 Å². The second kappa shape index (κ2) is 17.3. The Morgan fingerprint density at radius 3 is 2.16 bits per heavy atom. The number of ether oxygens (including phenoxy) is 2. The van der Waals surface area contributed by atoms with Crippen LogP contribution in [0.25, 0.3) is 0 Å². The van der Waals surface area contributed by atoms with Gasteiger partial charge in [0.15, 0.2) is 0 Å². The average molecular weight is 701 g/mol. The predicted molar refractivity (Wildman–Crippen MR) is 185 cm³/mol. The van der Waals surface area contributed by atoms with Crippen LogP contribution in [0.15, 0.2) is 59.5 Å². The molecule has 1 atom stereocenters. The molecule has 2 aromatic carbocycles. The number of sulfonamides is 1. The van der Waals surface area contributed by atoms with E-state index in [4.69, 9.17) is 14.3 Å². The summed E-state index contributed by atoms with van der Waals surface area (Å²) in [5, 5.41) is 0. The maximum absolute atomic E-state index is 14.4. The summed E-state index contributed by atoms with van der Waals surface area (Å²) in [4.78, 5) is 49.0. The van der Waals surface area contributed by atoms with Crippen molar-refractivity contribution in [3.05, 3.63) is 60.2 Å². The van der Waals surface area contributed by atoms with Crippen LogP contribution in [-0.4, -0.2) is 91.9 Å². The van der Waals surface area contributed by atoms with Crippen molar-refractivity contribution in [3.8, 4) is 5.75 Å². The van der Waals surface area contributed by atoms with Gasteiger partial charge in [0.05, 0.1) is 18.6 Å². The molecule has 270 valence electrons. The normalized spacial score (nSPS) is 17.0. The van der Waals surface area contributed by atoms with E-state index >= 15 is 0 Å². The molecule has 4 rings (SSSR count). The second-order valence-corrected chi connectivity index (χ2v) is 15.7. The number of likely N-dealkylation sites (tertiary alicyclic amines) is 1. The van der Waals surface area contributed by atoms with E-state index in [1.165, 1.54) is 23.5 Å². The molecule has 49 heavy (non-hydrogen) atoms. The molecular weight excluding hydrogens is 648 g/mol. The average Bonchev–Trinajstić information content (AvgIpc) is 3.09. The Bertz CT molecular complexity index is 1480. The monoisotopic (exact) mass is 700 g/mol. The summed E-state index contributed by atoms with van der Waals surface area (Å²) in [6.07, 6.45) is 4.75. The summed E-state index contributed by atoms with van der Waals surface area (Å²) < 4.78 is 40.7. The van der Waals surface area contributed by atoms with E-state index in [1.807, 2.05) is 51.1 Å². The number of carbonyl (C=O) groups is 3. The van der Waals surface area contributed by atoms with Crippen LogP contribution in [0.1, 0.15) is 77.7 Å². The molecule has 1 saturated carbocycles. The van der Waals surface area contributed by atoms with Crippen molar-refractivity contribution in [1.82, 2.24) is 19.6 Å². The lowest BCUT2D eigenvalue weighted by molar-refractivity contribution is -0.141. The van der Waals surface area contributed by atoms with Crippen molar-refractivity contribution in [2.24, 2.45) is 5.92 Å². The molecule has 13 heteroatoms. The maximum atomic E-state index is 14.4. The first-order chi connectivity index (χ1) is 23.3. The first kappa shape index (κ1) is 38.1. The van der Waals surface area contributed by atoms with Crippen molar-refractivity contribution in [2.75, 3.05) is 33.8 Å². The van der Waals surface area contributed by atoms with Crippen LogP contribution in [0.5, 0.6) is 5.75 Å². The fraction of sp³-hybridized carbons (Fsp3) is 0.583. The van der Waals surface area contributed by atoms with E-state index in [1.54, 1.807) is 29.0 Å². The number of piperidine rings is 1. The van der Waals surface area contributed by atoms with Crippen LogP contribution in [0.2, 0.25) is 0 Å². The largest absolute Gasteiger partial charge is 0.497 e. The summed E-state index contributed by atoms with van der Waals surface area (Å²) in [5.41, 5.74) is 2.78. The summed E-state index contributed by atoms with van der Waals surface area (Å²) in [6, 6.07) is 14.2. The number of hydroxylamine groups is 1. The molecule has 2 aliphatic rings. The Balaban J connectivity index is 1.52. The molecule has 1 unspecified atom stereocenters. The molecule has 2 aromatic rings. The number of hydrogen-bond acceptors (Lipinski definition) is 8. The van der Waals surface area contributed by atoms with E-state index in [9.17, 15) is 22.8 Å². The topological polar surface area (TPSA) is 135 Å². The molecule has 1 heterocycles. The van der Waals surface area contributed by atoms with Crippen molar-refractivity contribution in [1.29, 1.82) is 0 Å². The third-order valence-corrected chi connectivity index (χ3v) is 11.1. The SMILES string of the molecule is COc1ccc(S(=O)(=O)N(CCC(=O)N2CCC(N(C)C(=O)OC(C)(C)C)CC2)C(C(=O)NOCc2ccccc2)C2CCCCC2)cc1. The van der Waals surface area contributed by atoms with Gasteiger partial charge in [-0.3, -0.25) is 14.4 Å². The lowest BCUT2D eigenvalue weighted by Gasteiger charge is -2.38. The van der Waals surface area contributed by atoms with Gasteiger partial charge >= 0.3 is 6.09 Å². The smallest absolute Gasteiger partial charge is 0.410 e. The summed E-state index contributed by atoms with van der Waals surface area (Å²) in [5.74, 6) is -0.525. The molecule has 1 aliphatic carbocycles. The molecule has 0 bridgehead atoms. The highest BCUT2D eigenvalue weighted by molar-refractivity contribution is 7.89. The van der Waals surface area contributed by atoms with Gasteiger partial charge in [-0.25, -0.2) is 18.7 Å². The van der Waals surface area contributed by atoms with Crippen molar-refractivity contribution >= 4 is 27.9 Å². The van der Waals surface area contributed by atoms with E-state index in [0.29, 0.717) is 44.5 Å². The summed E-state index contributed by atoms with van der Waals surface area (Å²) in [6.45, 7) is 6.23. The highest BCUT2D eigenvalue weighted by Crippen LogP contribution is 2.33. The number of nitrogens with zero attached hydrogens (tertiary/aromatic N) is 3. The first-order valence-corrected chi connectivity index (χ1v) is 18.6. The fourth-order valence-electron chi connectivity index (χ4n) is 6.50. The number of nitrogens with one attached hydrogen (secondary N) is 1. The number of rotatable bonds is 13. The zero-order valence-electron chi connectivity index (χ0n) is 29.4. The Hall–Kier alpha value is -3.68. The number of methoxy groups -OCH3 is 1. The highest BCUT2D eigenvalue weighted by Gasteiger charge is 2.42. The Kier molecular flexibility index (Phi) is 13.5. The van der Waals surface area contributed by atoms with Crippen LogP contribution in [0, 0.1) is 5.92 Å². The number of amides is 3. The minimum atomic E-state index is -4.24. The van der Waals surface area contributed by atoms with Crippen LogP contribution in [0.4, 0.5) is 4.79 Å². The Labute approximate surface area is 291 Å². The molecule has 12 nitrogen and oxygen atoms in total. The van der Waals surface area contributed by atoms with Crippen LogP contribution in [-0.2, 0) is 35.8 Å². The van der Waals surface area contributed by atoms with Gasteiger partial charge in [-0.05, 0) is 82.2 Å². The van der Waals surface area contributed by atoms with E-state index < -0.39 is 33.7 Å². The Morgan fingerprint density at radius 1 is 0.939 bits per heavy atom. The van der Waals surface area contributed by atoms with Crippen LogP contribution < -0.4 is 10.2 Å². The third-order valence-electron chi connectivity index (χ3n) is 9.19. The fourth-order valence-corrected chi connectivity index (χ4v) is 8.15. The minimum absolute atomic E-state index is 0.00515. The third kappa shape index (κ3) is 10.7. The first-order valence-electron chi connectivity index (χ1n) is 17.1. The minimum Gasteiger partial charge on any atom is -0.497 e. The zero-order chi connectivity index (χ0) is 35.6. The highest BCUT2D eigenvalue weighted by atomic mass is 32.2. The summed E-state index contributed by atoms with van der Waals surface area (Å²) >= 11 is 0. The second-order valence-electron chi connectivity index (χ2n) is 13.8. The lowest BCUT2D eigenvalue weighted by atomic mass is 9.83. The van der Waals surface area contributed by atoms with E-state index in [-0.39, 0.29) is 42.3 Å². The predicted octanol–water partition coefficient (Wildman–Crippen LogP) is 5.13. The summed E-state index contributed by atoms with van der Waals surface area (Å²) in [7, 11) is -1.03. The van der Waals surface area contributed by atoms with Gasteiger partial charge in [-0.2, -0.15) is 4.31 Å². The van der Waals surface area contributed by atoms with Gasteiger partial charge in [-0.1, -0.05) is 49.6 Å². The molecule has 0 aromatic heterocycles. The number of hydrogen-bond donors (Lipinski definition) is 1. The van der Waals surface area contributed by atoms with Gasteiger partial charge in [-0.15, -0.1) is 0 Å². The van der Waals surface area contributed by atoms with Crippen LogP contribution >= 0.6 is 0 Å². The van der Waals surface area contributed by atoms with E-state index in [0.717, 1.165) is 24.8 Å². The number of benzene rings is 2. The van der Waals surface area contributed by atoms with Crippen molar-refractivity contribution < 1.29 is 37.1 Å². The van der Waals surface area contributed by atoms with Gasteiger partial charge in [0.25, 0.3) is 5.91 Å². The van der Waals surface area contributed by atoms with E-state index in [2.05, 4.69) is 5.48 Å². The maximum Gasteiger partial charge on any atom is 0.410 e.